The Bertz CT molecular complexity index is 658. The van der Waals surface area contributed by atoms with Crippen LogP contribution in [0.2, 0.25) is 0 Å². The molecule has 0 aliphatic rings. The van der Waals surface area contributed by atoms with Gasteiger partial charge in [0, 0.05) is 12.5 Å². The molecule has 1 heterocycles. The molecule has 0 aliphatic carbocycles. The minimum absolute atomic E-state index is 0.00394. The van der Waals surface area contributed by atoms with Gasteiger partial charge in [0.1, 0.15) is 12.7 Å². The average molecular weight is 332 g/mol. The summed E-state index contributed by atoms with van der Waals surface area (Å²) in [6.07, 6.45) is 4.18. The van der Waals surface area contributed by atoms with Crippen molar-refractivity contribution in [3.63, 3.8) is 0 Å². The maximum atomic E-state index is 12.2. The summed E-state index contributed by atoms with van der Waals surface area (Å²) < 4.78 is 12.2. The number of aryl methyl sites for hydroxylation is 1. The second-order valence-electron chi connectivity index (χ2n) is 5.66. The van der Waals surface area contributed by atoms with E-state index >= 15 is 0 Å². The number of aromatic nitrogens is 3. The molecule has 0 aliphatic heterocycles. The van der Waals surface area contributed by atoms with E-state index in [1.54, 1.807) is 25.2 Å². The molecule has 2 unspecified atom stereocenters. The van der Waals surface area contributed by atoms with E-state index in [1.807, 2.05) is 32.0 Å². The number of methoxy groups -OCH3 is 2. The summed E-state index contributed by atoms with van der Waals surface area (Å²) in [7, 11) is 3.20. The van der Waals surface area contributed by atoms with Gasteiger partial charge in [-0.3, -0.25) is 4.79 Å². The SMILES string of the molecule is COc1ccc(CCC(=O)NC(C)C(C)n2cncn2)cc1OC. The molecule has 7 heteroatoms. The Kier molecular flexibility index (Phi) is 6.17. The summed E-state index contributed by atoms with van der Waals surface area (Å²) >= 11 is 0. The number of benzene rings is 1. The predicted molar refractivity (Wildman–Crippen MR) is 90.2 cm³/mol. The lowest BCUT2D eigenvalue weighted by molar-refractivity contribution is -0.121. The van der Waals surface area contributed by atoms with E-state index in [1.165, 1.54) is 6.33 Å². The van der Waals surface area contributed by atoms with Gasteiger partial charge in [0.05, 0.1) is 20.3 Å². The van der Waals surface area contributed by atoms with Crippen molar-refractivity contribution in [1.82, 2.24) is 20.1 Å². The van der Waals surface area contributed by atoms with Crippen LogP contribution in [0.3, 0.4) is 0 Å². The summed E-state index contributed by atoms with van der Waals surface area (Å²) in [5, 5.41) is 7.11. The molecule has 0 radical (unpaired) electrons. The molecule has 2 aromatic rings. The number of nitrogens with zero attached hydrogens (tertiary/aromatic N) is 3. The molecule has 0 saturated carbocycles. The molecule has 130 valence electrons. The topological polar surface area (TPSA) is 78.3 Å². The van der Waals surface area contributed by atoms with E-state index in [4.69, 9.17) is 9.47 Å². The van der Waals surface area contributed by atoms with Crippen molar-refractivity contribution in [1.29, 1.82) is 0 Å². The minimum Gasteiger partial charge on any atom is -0.493 e. The number of amides is 1. The lowest BCUT2D eigenvalue weighted by Crippen LogP contribution is -2.38. The Balaban J connectivity index is 1.86. The van der Waals surface area contributed by atoms with Crippen molar-refractivity contribution in [3.05, 3.63) is 36.4 Å². The molecule has 0 spiro atoms. The number of hydrogen-bond acceptors (Lipinski definition) is 5. The van der Waals surface area contributed by atoms with Gasteiger partial charge in [-0.2, -0.15) is 5.10 Å². The lowest BCUT2D eigenvalue weighted by Gasteiger charge is -2.21. The summed E-state index contributed by atoms with van der Waals surface area (Å²) in [6, 6.07) is 5.69. The van der Waals surface area contributed by atoms with Crippen LogP contribution in [0, 0.1) is 0 Å². The van der Waals surface area contributed by atoms with Gasteiger partial charge in [-0.05, 0) is 38.0 Å². The van der Waals surface area contributed by atoms with Crippen molar-refractivity contribution in [2.24, 2.45) is 0 Å². The lowest BCUT2D eigenvalue weighted by atomic mass is 10.1. The van der Waals surface area contributed by atoms with Crippen molar-refractivity contribution < 1.29 is 14.3 Å². The highest BCUT2D eigenvalue weighted by Crippen LogP contribution is 2.27. The van der Waals surface area contributed by atoms with Gasteiger partial charge in [0.2, 0.25) is 5.91 Å². The van der Waals surface area contributed by atoms with Crippen LogP contribution in [-0.2, 0) is 11.2 Å². The van der Waals surface area contributed by atoms with Gasteiger partial charge in [-0.25, -0.2) is 9.67 Å². The Morgan fingerprint density at radius 1 is 1.25 bits per heavy atom. The van der Waals surface area contributed by atoms with Crippen LogP contribution in [0.5, 0.6) is 11.5 Å². The molecule has 2 rings (SSSR count). The standard InChI is InChI=1S/C17H24N4O3/c1-12(13(2)21-11-18-10-19-21)20-17(22)8-6-14-5-7-15(23-3)16(9-14)24-4/h5,7,9-13H,6,8H2,1-4H3,(H,20,22). The first-order chi connectivity index (χ1) is 11.5. The van der Waals surface area contributed by atoms with Crippen molar-refractivity contribution in [2.75, 3.05) is 14.2 Å². The largest absolute Gasteiger partial charge is 0.493 e. The fourth-order valence-electron chi connectivity index (χ4n) is 2.40. The maximum Gasteiger partial charge on any atom is 0.220 e. The predicted octanol–water partition coefficient (Wildman–Crippen LogP) is 1.99. The summed E-state index contributed by atoms with van der Waals surface area (Å²) in [5.41, 5.74) is 1.03. The summed E-state index contributed by atoms with van der Waals surface area (Å²) in [5.74, 6) is 1.36. The molecule has 1 amide bonds. The van der Waals surface area contributed by atoms with Crippen molar-refractivity contribution in [3.8, 4) is 11.5 Å². The summed E-state index contributed by atoms with van der Waals surface area (Å²) in [4.78, 5) is 16.1. The number of carbonyl (C=O) groups excluding carboxylic acids is 1. The van der Waals surface area contributed by atoms with Crippen LogP contribution in [0.25, 0.3) is 0 Å². The smallest absolute Gasteiger partial charge is 0.220 e. The molecular weight excluding hydrogens is 308 g/mol. The monoisotopic (exact) mass is 332 g/mol. The molecule has 2 atom stereocenters. The zero-order valence-electron chi connectivity index (χ0n) is 14.5. The Labute approximate surface area is 142 Å². The molecule has 0 fully saturated rings. The first kappa shape index (κ1) is 17.8. The Morgan fingerprint density at radius 2 is 2.00 bits per heavy atom. The van der Waals surface area contributed by atoms with Crippen LogP contribution in [0.4, 0.5) is 0 Å². The van der Waals surface area contributed by atoms with E-state index in [-0.39, 0.29) is 18.0 Å². The molecule has 0 bridgehead atoms. The molecule has 1 aromatic carbocycles. The highest BCUT2D eigenvalue weighted by Gasteiger charge is 2.17. The van der Waals surface area contributed by atoms with Crippen LogP contribution in [0.1, 0.15) is 31.9 Å². The van der Waals surface area contributed by atoms with E-state index in [0.29, 0.717) is 24.3 Å². The van der Waals surface area contributed by atoms with Gasteiger partial charge in [0.15, 0.2) is 11.5 Å². The Hall–Kier alpha value is -2.57. The van der Waals surface area contributed by atoms with Gasteiger partial charge in [-0.15, -0.1) is 0 Å². The normalized spacial score (nSPS) is 13.2. The van der Waals surface area contributed by atoms with Crippen LogP contribution in [0.15, 0.2) is 30.9 Å². The van der Waals surface area contributed by atoms with Gasteiger partial charge in [-0.1, -0.05) is 6.07 Å². The number of nitrogens with one attached hydrogen (secondary N) is 1. The van der Waals surface area contributed by atoms with Crippen LogP contribution in [-0.4, -0.2) is 40.9 Å². The van der Waals surface area contributed by atoms with Crippen molar-refractivity contribution in [2.45, 2.75) is 38.8 Å². The third kappa shape index (κ3) is 4.47. The molecule has 1 aromatic heterocycles. The van der Waals surface area contributed by atoms with Crippen LogP contribution >= 0.6 is 0 Å². The Morgan fingerprint density at radius 3 is 2.62 bits per heavy atom. The van der Waals surface area contributed by atoms with E-state index < -0.39 is 0 Å². The highest BCUT2D eigenvalue weighted by molar-refractivity contribution is 5.76. The minimum atomic E-state index is -0.0374. The third-order valence-corrected chi connectivity index (χ3v) is 4.05. The van der Waals surface area contributed by atoms with Gasteiger partial charge < -0.3 is 14.8 Å². The van der Waals surface area contributed by atoms with Crippen molar-refractivity contribution >= 4 is 5.91 Å². The fourth-order valence-corrected chi connectivity index (χ4v) is 2.40. The zero-order valence-corrected chi connectivity index (χ0v) is 14.5. The van der Waals surface area contributed by atoms with E-state index in [9.17, 15) is 4.79 Å². The molecule has 0 saturated heterocycles. The molecule has 1 N–H and O–H groups in total. The molecule has 24 heavy (non-hydrogen) atoms. The van der Waals surface area contributed by atoms with Gasteiger partial charge >= 0.3 is 0 Å². The van der Waals surface area contributed by atoms with E-state index in [0.717, 1.165) is 5.56 Å². The quantitative estimate of drug-likeness (QED) is 0.800. The second kappa shape index (κ2) is 8.33. The molecule has 7 nitrogen and oxygen atoms in total. The molecular formula is C17H24N4O3. The van der Waals surface area contributed by atoms with Gasteiger partial charge in [0.25, 0.3) is 0 Å². The number of carbonyl (C=O) groups is 1. The third-order valence-electron chi connectivity index (χ3n) is 4.05. The highest BCUT2D eigenvalue weighted by atomic mass is 16.5. The van der Waals surface area contributed by atoms with E-state index in [2.05, 4.69) is 15.4 Å². The first-order valence-corrected chi connectivity index (χ1v) is 7.89. The number of hydrogen-bond donors (Lipinski definition) is 1. The van der Waals surface area contributed by atoms with Crippen LogP contribution < -0.4 is 14.8 Å². The average Bonchev–Trinajstić information content (AvgIpc) is 3.13. The fraction of sp³-hybridized carbons (Fsp3) is 0.471. The maximum absolute atomic E-state index is 12.2. The number of rotatable bonds is 8. The zero-order chi connectivity index (χ0) is 17.5. The number of ether oxygens (including phenoxy) is 2. The first-order valence-electron chi connectivity index (χ1n) is 7.89. The summed E-state index contributed by atoms with van der Waals surface area (Å²) in [6.45, 7) is 3.95. The second-order valence-corrected chi connectivity index (χ2v) is 5.66.